The Morgan fingerprint density at radius 1 is 1.09 bits per heavy atom. The van der Waals surface area contributed by atoms with Crippen LogP contribution in [0, 0.1) is 23.7 Å². The van der Waals surface area contributed by atoms with Crippen molar-refractivity contribution in [3.05, 3.63) is 24.3 Å². The van der Waals surface area contributed by atoms with Crippen LogP contribution < -0.4 is 10.6 Å². The van der Waals surface area contributed by atoms with Gasteiger partial charge >= 0.3 is 5.97 Å². The van der Waals surface area contributed by atoms with E-state index >= 15 is 0 Å². The number of fused-ring (bicyclic) bond motifs is 1. The summed E-state index contributed by atoms with van der Waals surface area (Å²) >= 11 is 0. The quantitative estimate of drug-likeness (QED) is 0.833. The molecule has 1 saturated heterocycles. The maximum atomic E-state index is 12.6. The van der Waals surface area contributed by atoms with Crippen molar-refractivity contribution in [1.29, 1.82) is 0 Å². The molecule has 120 valence electrons. The van der Waals surface area contributed by atoms with Crippen molar-refractivity contribution in [3.63, 3.8) is 0 Å². The van der Waals surface area contributed by atoms with E-state index in [0.29, 0.717) is 11.4 Å². The molecule has 3 fully saturated rings. The van der Waals surface area contributed by atoms with Crippen LogP contribution in [0.4, 0.5) is 11.4 Å². The Morgan fingerprint density at radius 3 is 2.39 bits per heavy atom. The molecule has 0 radical (unpaired) electrons. The van der Waals surface area contributed by atoms with Crippen molar-refractivity contribution in [1.82, 2.24) is 0 Å². The van der Waals surface area contributed by atoms with E-state index in [2.05, 4.69) is 10.6 Å². The predicted molar refractivity (Wildman–Crippen MR) is 82.4 cm³/mol. The number of esters is 1. The first-order valence-corrected chi connectivity index (χ1v) is 7.92. The number of ether oxygens (including phenoxy) is 1. The van der Waals surface area contributed by atoms with Crippen LogP contribution in [0.2, 0.25) is 0 Å². The number of hydrogen-bond donors (Lipinski definition) is 2. The van der Waals surface area contributed by atoms with Crippen LogP contribution in [0.15, 0.2) is 24.3 Å². The van der Waals surface area contributed by atoms with Crippen molar-refractivity contribution in [2.45, 2.75) is 25.9 Å². The SMILES string of the molecule is CC(=O)Nc1ccc(NC(=O)[C@@H]2[C@@H]3C[C@@H]4[C@H]2C(=O)O[C@@H]4C3)cc1. The molecule has 6 heteroatoms. The fraction of sp³-hybridized carbons (Fsp3) is 0.471. The lowest BCUT2D eigenvalue weighted by Crippen LogP contribution is -2.35. The minimum Gasteiger partial charge on any atom is -0.462 e. The molecule has 6 nitrogen and oxygen atoms in total. The summed E-state index contributed by atoms with van der Waals surface area (Å²) in [6, 6.07) is 6.95. The smallest absolute Gasteiger partial charge is 0.310 e. The molecular formula is C17H18N2O4. The minimum absolute atomic E-state index is 0.0403. The number of amides is 2. The molecule has 1 aromatic rings. The Kier molecular flexibility index (Phi) is 3.14. The molecule has 1 aliphatic heterocycles. The molecule has 0 aromatic heterocycles. The largest absolute Gasteiger partial charge is 0.462 e. The lowest BCUT2D eigenvalue weighted by molar-refractivity contribution is -0.145. The van der Waals surface area contributed by atoms with Crippen LogP contribution >= 0.6 is 0 Å². The zero-order valence-electron chi connectivity index (χ0n) is 12.7. The Hall–Kier alpha value is -2.37. The summed E-state index contributed by atoms with van der Waals surface area (Å²) in [5, 5.41) is 5.57. The number of rotatable bonds is 3. The lowest BCUT2D eigenvalue weighted by atomic mass is 9.79. The third-order valence-electron chi connectivity index (χ3n) is 5.26. The molecule has 0 spiro atoms. The topological polar surface area (TPSA) is 84.5 Å². The van der Waals surface area contributed by atoms with Crippen LogP contribution in [0.3, 0.4) is 0 Å². The van der Waals surface area contributed by atoms with Gasteiger partial charge in [0, 0.05) is 24.2 Å². The van der Waals surface area contributed by atoms with Gasteiger partial charge in [-0.25, -0.2) is 0 Å². The fourth-order valence-electron chi connectivity index (χ4n) is 4.43. The second kappa shape index (κ2) is 5.08. The Labute approximate surface area is 133 Å². The van der Waals surface area contributed by atoms with E-state index in [1.807, 2.05) is 0 Å². The van der Waals surface area contributed by atoms with Crippen molar-refractivity contribution in [2.24, 2.45) is 23.7 Å². The first kappa shape index (κ1) is 14.2. The normalized spacial score (nSPS) is 33.4. The molecule has 4 rings (SSSR count). The van der Waals surface area contributed by atoms with Crippen LogP contribution in [-0.2, 0) is 19.1 Å². The van der Waals surface area contributed by atoms with Crippen molar-refractivity contribution in [3.8, 4) is 0 Å². The Bertz CT molecular complexity index is 682. The molecule has 2 bridgehead atoms. The third kappa shape index (κ3) is 2.29. The van der Waals surface area contributed by atoms with E-state index in [1.54, 1.807) is 24.3 Å². The summed E-state index contributed by atoms with van der Waals surface area (Å²) in [4.78, 5) is 35.6. The monoisotopic (exact) mass is 314 g/mol. The number of anilines is 2. The second-order valence-corrected chi connectivity index (χ2v) is 6.67. The van der Waals surface area contributed by atoms with E-state index in [9.17, 15) is 14.4 Å². The van der Waals surface area contributed by atoms with Crippen molar-refractivity contribution >= 4 is 29.2 Å². The summed E-state index contributed by atoms with van der Waals surface area (Å²) in [6.07, 6.45) is 1.77. The number of carbonyl (C=O) groups excluding carboxylic acids is 3. The van der Waals surface area contributed by atoms with Gasteiger partial charge in [0.15, 0.2) is 0 Å². The van der Waals surface area contributed by atoms with E-state index in [4.69, 9.17) is 4.74 Å². The van der Waals surface area contributed by atoms with Gasteiger partial charge in [-0.15, -0.1) is 0 Å². The average Bonchev–Trinajstić information content (AvgIpc) is 3.10. The lowest BCUT2D eigenvalue weighted by Gasteiger charge is -2.23. The first-order valence-electron chi connectivity index (χ1n) is 7.92. The highest BCUT2D eigenvalue weighted by molar-refractivity contribution is 5.97. The highest BCUT2D eigenvalue weighted by Gasteiger charge is 2.63. The van der Waals surface area contributed by atoms with Crippen LogP contribution in [0.25, 0.3) is 0 Å². The van der Waals surface area contributed by atoms with Crippen LogP contribution in [0.5, 0.6) is 0 Å². The maximum Gasteiger partial charge on any atom is 0.310 e. The van der Waals surface area contributed by atoms with Crippen LogP contribution in [0.1, 0.15) is 19.8 Å². The Morgan fingerprint density at radius 2 is 1.74 bits per heavy atom. The maximum absolute atomic E-state index is 12.6. The van der Waals surface area contributed by atoms with E-state index in [1.165, 1.54) is 6.92 Å². The van der Waals surface area contributed by atoms with Crippen LogP contribution in [-0.4, -0.2) is 23.9 Å². The van der Waals surface area contributed by atoms with E-state index in [-0.39, 0.29) is 47.6 Å². The highest BCUT2D eigenvalue weighted by atomic mass is 16.6. The van der Waals surface area contributed by atoms with Gasteiger partial charge in [-0.1, -0.05) is 0 Å². The summed E-state index contributed by atoms with van der Waals surface area (Å²) < 4.78 is 5.36. The summed E-state index contributed by atoms with van der Waals surface area (Å²) in [5.74, 6) is -0.518. The molecule has 5 atom stereocenters. The number of nitrogens with one attached hydrogen (secondary N) is 2. The molecule has 1 aromatic carbocycles. The molecule has 2 aliphatic carbocycles. The molecular weight excluding hydrogens is 296 g/mol. The fourth-order valence-corrected chi connectivity index (χ4v) is 4.43. The minimum atomic E-state index is -0.277. The zero-order chi connectivity index (χ0) is 16.1. The van der Waals surface area contributed by atoms with E-state index in [0.717, 1.165) is 12.8 Å². The number of benzene rings is 1. The zero-order valence-corrected chi connectivity index (χ0v) is 12.7. The van der Waals surface area contributed by atoms with Gasteiger partial charge in [-0.3, -0.25) is 14.4 Å². The molecule has 2 saturated carbocycles. The number of carbonyl (C=O) groups is 3. The molecule has 0 unspecified atom stereocenters. The van der Waals surface area contributed by atoms with Crippen molar-refractivity contribution < 1.29 is 19.1 Å². The average molecular weight is 314 g/mol. The van der Waals surface area contributed by atoms with Gasteiger partial charge in [0.1, 0.15) is 6.10 Å². The van der Waals surface area contributed by atoms with Gasteiger partial charge < -0.3 is 15.4 Å². The third-order valence-corrected chi connectivity index (χ3v) is 5.26. The molecule has 3 aliphatic rings. The predicted octanol–water partition coefficient (Wildman–Crippen LogP) is 1.78. The summed E-state index contributed by atoms with van der Waals surface area (Å²) in [5.41, 5.74) is 1.34. The molecule has 2 amide bonds. The molecule has 23 heavy (non-hydrogen) atoms. The van der Waals surface area contributed by atoms with E-state index < -0.39 is 0 Å². The Balaban J connectivity index is 1.46. The highest BCUT2D eigenvalue weighted by Crippen LogP contribution is 2.57. The number of hydrogen-bond acceptors (Lipinski definition) is 4. The molecule has 2 N–H and O–H groups in total. The standard InChI is InChI=1S/C17H18N2O4/c1-8(20)18-10-2-4-11(5-3-10)19-16(21)14-9-6-12-13(7-9)23-17(22)15(12)14/h2-5,9,12-15H,6-7H2,1H3,(H,18,20)(H,19,21)/t9-,12+,13-,14-,15-/m1/s1. The van der Waals surface area contributed by atoms with Crippen molar-refractivity contribution in [2.75, 3.05) is 10.6 Å². The van der Waals surface area contributed by atoms with Gasteiger partial charge in [0.25, 0.3) is 0 Å². The summed E-state index contributed by atoms with van der Waals surface area (Å²) in [6.45, 7) is 1.44. The summed E-state index contributed by atoms with van der Waals surface area (Å²) in [7, 11) is 0. The van der Waals surface area contributed by atoms with Gasteiger partial charge in [-0.05, 0) is 43.0 Å². The first-order chi connectivity index (χ1) is 11.0. The second-order valence-electron chi connectivity index (χ2n) is 6.67. The van der Waals surface area contributed by atoms with Gasteiger partial charge in [0.2, 0.25) is 11.8 Å². The molecule has 1 heterocycles. The van der Waals surface area contributed by atoms with Gasteiger partial charge in [0.05, 0.1) is 11.8 Å². The van der Waals surface area contributed by atoms with Gasteiger partial charge in [-0.2, -0.15) is 0 Å².